The molecule has 0 radical (unpaired) electrons. The molecule has 5 heteroatoms. The van der Waals surface area contributed by atoms with Crippen molar-refractivity contribution in [3.63, 3.8) is 0 Å². The molecule has 4 fully saturated rings. The maximum Gasteiger partial charge on any atom is 0.396 e. The van der Waals surface area contributed by atoms with Crippen molar-refractivity contribution < 1.29 is 19.1 Å². The molecule has 0 aliphatic heterocycles. The molecule has 21 heavy (non-hydrogen) atoms. The molecule has 4 aliphatic carbocycles. The molecule has 0 atom stereocenters. The summed E-state index contributed by atoms with van der Waals surface area (Å²) in [5.74, 6) is 1.27. The van der Waals surface area contributed by atoms with E-state index in [1.165, 1.54) is 32.1 Å². The van der Waals surface area contributed by atoms with E-state index in [0.29, 0.717) is 18.4 Å². The predicted molar refractivity (Wildman–Crippen MR) is 76.4 cm³/mol. The highest BCUT2D eigenvalue weighted by atomic mass is 16.5. The summed E-state index contributed by atoms with van der Waals surface area (Å²) in [6, 6.07) is 0. The van der Waals surface area contributed by atoms with Crippen molar-refractivity contribution in [2.75, 3.05) is 20.3 Å². The van der Waals surface area contributed by atoms with Crippen LogP contribution >= 0.6 is 0 Å². The van der Waals surface area contributed by atoms with Gasteiger partial charge in [0, 0.05) is 13.7 Å². The van der Waals surface area contributed by atoms with Crippen molar-refractivity contribution in [1.29, 1.82) is 0 Å². The van der Waals surface area contributed by atoms with E-state index in [4.69, 9.17) is 9.47 Å². The molecular formula is C16H25NO4. The Labute approximate surface area is 125 Å². The number of hydrogen-bond donors (Lipinski definition) is 1. The maximum absolute atomic E-state index is 11.8. The van der Waals surface area contributed by atoms with Gasteiger partial charge < -0.3 is 14.8 Å². The van der Waals surface area contributed by atoms with Crippen molar-refractivity contribution in [2.45, 2.75) is 44.6 Å². The smallest absolute Gasteiger partial charge is 0.396 e. The van der Waals surface area contributed by atoms with Crippen LogP contribution in [-0.4, -0.2) is 37.7 Å². The van der Waals surface area contributed by atoms with E-state index in [0.717, 1.165) is 11.8 Å². The minimum Gasteiger partial charge on any atom is -0.459 e. The Morgan fingerprint density at radius 1 is 1.10 bits per heavy atom. The normalized spacial score (nSPS) is 40.1. The van der Waals surface area contributed by atoms with Crippen LogP contribution in [0.2, 0.25) is 0 Å². The topological polar surface area (TPSA) is 64.6 Å². The minimum atomic E-state index is -0.799. The number of amides is 1. The Kier molecular flexibility index (Phi) is 3.95. The van der Waals surface area contributed by atoms with Crippen LogP contribution in [0.15, 0.2) is 0 Å². The van der Waals surface area contributed by atoms with E-state index in [1.807, 2.05) is 0 Å². The molecule has 0 aromatic carbocycles. The van der Waals surface area contributed by atoms with Gasteiger partial charge in [0.05, 0.1) is 12.2 Å². The van der Waals surface area contributed by atoms with Gasteiger partial charge >= 0.3 is 11.9 Å². The van der Waals surface area contributed by atoms with Crippen molar-refractivity contribution in [1.82, 2.24) is 5.32 Å². The molecule has 4 saturated carbocycles. The summed E-state index contributed by atoms with van der Waals surface area (Å²) < 4.78 is 10.7. The van der Waals surface area contributed by atoms with Gasteiger partial charge in [-0.1, -0.05) is 0 Å². The molecule has 118 valence electrons. The summed E-state index contributed by atoms with van der Waals surface area (Å²) in [5.41, 5.74) is -0.282. The van der Waals surface area contributed by atoms with Gasteiger partial charge in [-0.15, -0.1) is 0 Å². The molecule has 4 aliphatic rings. The van der Waals surface area contributed by atoms with Gasteiger partial charge in [0.25, 0.3) is 0 Å². The summed E-state index contributed by atoms with van der Waals surface area (Å²) in [6.45, 7) is 2.34. The number of rotatable bonds is 4. The maximum atomic E-state index is 11.8. The average molecular weight is 295 g/mol. The zero-order chi connectivity index (χ0) is 15.0. The quantitative estimate of drug-likeness (QED) is 0.630. The van der Waals surface area contributed by atoms with E-state index in [1.54, 1.807) is 14.0 Å². The third-order valence-corrected chi connectivity index (χ3v) is 5.89. The van der Waals surface area contributed by atoms with E-state index in [2.05, 4.69) is 5.32 Å². The molecule has 0 aromatic heterocycles. The highest BCUT2D eigenvalue weighted by Crippen LogP contribution is 2.59. The van der Waals surface area contributed by atoms with Gasteiger partial charge in [0.2, 0.25) is 0 Å². The van der Waals surface area contributed by atoms with Crippen molar-refractivity contribution in [3.8, 4) is 0 Å². The fraction of sp³-hybridized carbons (Fsp3) is 0.875. The first-order chi connectivity index (χ1) is 10.1. The Bertz CT molecular complexity index is 406. The highest BCUT2D eigenvalue weighted by Gasteiger charge is 2.57. The SMILES string of the molecule is CCOC(=O)C(=O)NCC1(OC)C2CC3CC(C2)CC1C3. The average Bonchev–Trinajstić information content (AvgIpc) is 2.46. The van der Waals surface area contributed by atoms with Crippen LogP contribution in [0.4, 0.5) is 0 Å². The van der Waals surface area contributed by atoms with Gasteiger partial charge in [-0.05, 0) is 62.7 Å². The lowest BCUT2D eigenvalue weighted by Crippen LogP contribution is -2.63. The number of esters is 1. The third-order valence-electron chi connectivity index (χ3n) is 5.89. The van der Waals surface area contributed by atoms with Crippen LogP contribution in [0.25, 0.3) is 0 Å². The minimum absolute atomic E-state index is 0.219. The first kappa shape index (κ1) is 14.8. The van der Waals surface area contributed by atoms with Crippen LogP contribution in [-0.2, 0) is 19.1 Å². The molecule has 0 saturated heterocycles. The van der Waals surface area contributed by atoms with Crippen LogP contribution in [0.5, 0.6) is 0 Å². The summed E-state index contributed by atoms with van der Waals surface area (Å²) in [7, 11) is 1.75. The molecule has 0 heterocycles. The summed E-state index contributed by atoms with van der Waals surface area (Å²) in [5, 5.41) is 2.75. The molecule has 1 N–H and O–H groups in total. The second kappa shape index (κ2) is 5.59. The van der Waals surface area contributed by atoms with E-state index >= 15 is 0 Å². The standard InChI is InChI=1S/C16H25NO4/c1-3-21-15(19)14(18)17-9-16(20-2)12-5-10-4-11(7-12)8-13(16)6-10/h10-13H,3-9H2,1-2H3,(H,17,18). The summed E-state index contributed by atoms with van der Waals surface area (Å²) >= 11 is 0. The zero-order valence-corrected chi connectivity index (χ0v) is 12.9. The molecule has 0 unspecified atom stereocenters. The molecule has 1 amide bonds. The summed E-state index contributed by atoms with van der Waals surface area (Å²) in [4.78, 5) is 23.2. The van der Waals surface area contributed by atoms with Crippen LogP contribution < -0.4 is 5.32 Å². The summed E-state index contributed by atoms with van der Waals surface area (Å²) in [6.07, 6.45) is 6.19. The molecule has 4 rings (SSSR count). The van der Waals surface area contributed by atoms with Crippen molar-refractivity contribution >= 4 is 11.9 Å². The van der Waals surface area contributed by atoms with Crippen LogP contribution in [0.1, 0.15) is 39.0 Å². The Hall–Kier alpha value is -1.10. The van der Waals surface area contributed by atoms with Gasteiger partial charge in [-0.2, -0.15) is 0 Å². The fourth-order valence-electron chi connectivity index (χ4n) is 5.16. The van der Waals surface area contributed by atoms with Crippen molar-refractivity contribution in [2.24, 2.45) is 23.7 Å². The van der Waals surface area contributed by atoms with Gasteiger partial charge in [-0.25, -0.2) is 4.79 Å². The lowest BCUT2D eigenvalue weighted by atomic mass is 9.49. The van der Waals surface area contributed by atoms with Gasteiger partial charge in [-0.3, -0.25) is 4.79 Å². The van der Waals surface area contributed by atoms with Gasteiger partial charge in [0.15, 0.2) is 0 Å². The number of hydrogen-bond acceptors (Lipinski definition) is 4. The highest BCUT2D eigenvalue weighted by molar-refractivity contribution is 6.32. The fourth-order valence-corrected chi connectivity index (χ4v) is 5.16. The number of methoxy groups -OCH3 is 1. The lowest BCUT2D eigenvalue weighted by molar-refractivity contribution is -0.188. The number of nitrogens with one attached hydrogen (secondary N) is 1. The number of carbonyl (C=O) groups is 2. The van der Waals surface area contributed by atoms with Crippen molar-refractivity contribution in [3.05, 3.63) is 0 Å². The first-order valence-electron chi connectivity index (χ1n) is 8.09. The monoisotopic (exact) mass is 295 g/mol. The second-order valence-corrected chi connectivity index (χ2v) is 6.87. The second-order valence-electron chi connectivity index (χ2n) is 6.87. The molecule has 5 nitrogen and oxygen atoms in total. The molecule has 4 bridgehead atoms. The molecule has 0 aromatic rings. The van der Waals surface area contributed by atoms with E-state index in [9.17, 15) is 9.59 Å². The Morgan fingerprint density at radius 3 is 2.14 bits per heavy atom. The molecular weight excluding hydrogens is 270 g/mol. The number of carbonyl (C=O) groups excluding carboxylic acids is 2. The van der Waals surface area contributed by atoms with Gasteiger partial charge in [0.1, 0.15) is 0 Å². The molecule has 0 spiro atoms. The first-order valence-corrected chi connectivity index (χ1v) is 8.09. The van der Waals surface area contributed by atoms with Crippen LogP contribution in [0.3, 0.4) is 0 Å². The largest absolute Gasteiger partial charge is 0.459 e. The Morgan fingerprint density at radius 2 is 1.67 bits per heavy atom. The van der Waals surface area contributed by atoms with E-state index in [-0.39, 0.29) is 12.2 Å². The van der Waals surface area contributed by atoms with E-state index < -0.39 is 11.9 Å². The van der Waals surface area contributed by atoms with Crippen LogP contribution in [0, 0.1) is 23.7 Å². The zero-order valence-electron chi connectivity index (χ0n) is 12.9. The Balaban J connectivity index is 1.67. The lowest BCUT2D eigenvalue weighted by Gasteiger charge is -2.60. The third kappa shape index (κ3) is 2.45. The number of ether oxygens (including phenoxy) is 2. The predicted octanol–water partition coefficient (Wildman–Crippen LogP) is 1.51.